The van der Waals surface area contributed by atoms with Crippen molar-refractivity contribution >= 4 is 49.1 Å². The van der Waals surface area contributed by atoms with Crippen LogP contribution in [0.5, 0.6) is 6.01 Å². The first-order valence-electron chi connectivity index (χ1n) is 17.0. The summed E-state index contributed by atoms with van der Waals surface area (Å²) in [4.78, 5) is 26.5. The Balaban J connectivity index is 1.41. The fraction of sp³-hybridized carbons (Fsp3) is 0.486. The number of fused-ring (bicyclic) bond motifs is 4. The highest BCUT2D eigenvalue weighted by atomic mass is 32.1. The molecule has 2 aromatic heterocycles. The molecule has 1 amide bonds. The zero-order chi connectivity index (χ0) is 37.8. The number of hydrogen-bond donors (Lipinski definition) is 1. The van der Waals surface area contributed by atoms with Gasteiger partial charge in [-0.25, -0.2) is 8.78 Å². The van der Waals surface area contributed by atoms with Crippen LogP contribution in [0, 0.1) is 17.1 Å². The maximum Gasteiger partial charge on any atom is 0.419 e. The molecule has 0 spiro atoms. The number of amides is 1. The monoisotopic (exact) mass is 765 g/mol. The highest BCUT2D eigenvalue weighted by molar-refractivity contribution is 7.23. The fourth-order valence-corrected chi connectivity index (χ4v) is 9.94. The van der Waals surface area contributed by atoms with Gasteiger partial charge in [-0.3, -0.25) is 9.69 Å². The Morgan fingerprint density at radius 1 is 1.15 bits per heavy atom. The first-order valence-corrected chi connectivity index (χ1v) is 17.8. The Kier molecular flexibility index (Phi) is 8.22. The molecule has 280 valence electrons. The van der Waals surface area contributed by atoms with Gasteiger partial charge >= 0.3 is 18.4 Å². The molecular formula is C35H31F8N7O2S. The summed E-state index contributed by atoms with van der Waals surface area (Å²) < 4.78 is 128. The normalized spacial score (nSPS) is 24.7. The van der Waals surface area contributed by atoms with Crippen LogP contribution in [0.3, 0.4) is 0 Å². The average Bonchev–Trinajstić information content (AvgIpc) is 3.89. The minimum atomic E-state index is -5.51. The number of halogens is 8. The van der Waals surface area contributed by atoms with Crippen LogP contribution in [0.15, 0.2) is 18.2 Å². The first kappa shape index (κ1) is 35.5. The molecule has 0 unspecified atom stereocenters. The molecule has 0 radical (unpaired) electrons. The largest absolute Gasteiger partial charge is 0.461 e. The van der Waals surface area contributed by atoms with Crippen molar-refractivity contribution in [3.8, 4) is 23.2 Å². The highest BCUT2D eigenvalue weighted by Gasteiger charge is 2.50. The third-order valence-electron chi connectivity index (χ3n) is 11.2. The quantitative estimate of drug-likeness (QED) is 0.204. The number of aromatic nitrogens is 2. The number of benzene rings is 2. The number of alkyl halides is 7. The minimum Gasteiger partial charge on any atom is -0.461 e. The minimum absolute atomic E-state index is 0.0424. The lowest BCUT2D eigenvalue weighted by atomic mass is 9.88. The van der Waals surface area contributed by atoms with Gasteiger partial charge in [0.25, 0.3) is 0 Å². The molecular weight excluding hydrogens is 734 g/mol. The number of nitrogens with two attached hydrogens (primary N) is 1. The zero-order valence-electron chi connectivity index (χ0n) is 28.0. The number of carbonyl (C=O) groups excluding carboxylic acids is 1. The van der Waals surface area contributed by atoms with Crippen molar-refractivity contribution < 1.29 is 44.7 Å². The summed E-state index contributed by atoms with van der Waals surface area (Å²) in [7, 11) is 1.46. The number of rotatable bonds is 6. The second-order valence-corrected chi connectivity index (χ2v) is 15.2. The smallest absolute Gasteiger partial charge is 0.419 e. The van der Waals surface area contributed by atoms with Crippen molar-refractivity contribution in [2.24, 2.45) is 0 Å². The SMILES string of the molecule is CN(c1nc(OC[C@@]23CCCN2C[C@H](F)C3)nc2c(C(F)(F)F)c(-c3ccc(F)c4sc(N)c(C#N)c34)c(C(F)(F)F)cc12)[C@H]1CC(=O)N2CCC[C@H]12. The molecule has 4 fully saturated rings. The topological polar surface area (TPSA) is 112 Å². The number of thiophene rings is 1. The van der Waals surface area contributed by atoms with E-state index in [0.717, 1.165) is 18.6 Å². The Bertz CT molecular complexity index is 2220. The molecule has 4 saturated heterocycles. The van der Waals surface area contributed by atoms with Crippen LogP contribution in [0.4, 0.5) is 45.9 Å². The van der Waals surface area contributed by atoms with Crippen molar-refractivity contribution in [1.29, 1.82) is 5.26 Å². The van der Waals surface area contributed by atoms with Gasteiger partial charge in [0.05, 0.1) is 44.5 Å². The molecule has 0 aliphatic carbocycles. The predicted octanol–water partition coefficient (Wildman–Crippen LogP) is 7.30. The third-order valence-corrected chi connectivity index (χ3v) is 12.3. The summed E-state index contributed by atoms with van der Waals surface area (Å²) in [5, 5.41) is 8.47. The first-order chi connectivity index (χ1) is 25.0. The van der Waals surface area contributed by atoms with Gasteiger partial charge in [-0.15, -0.1) is 11.3 Å². The van der Waals surface area contributed by atoms with E-state index in [4.69, 9.17) is 10.5 Å². The summed E-state index contributed by atoms with van der Waals surface area (Å²) in [6, 6.07) is 2.15. The average molecular weight is 766 g/mol. The van der Waals surface area contributed by atoms with Crippen molar-refractivity contribution in [2.45, 2.75) is 74.7 Å². The van der Waals surface area contributed by atoms with Gasteiger partial charge in [-0.05, 0) is 49.9 Å². The second kappa shape index (κ2) is 12.3. The summed E-state index contributed by atoms with van der Waals surface area (Å²) >= 11 is 0.529. The molecule has 2 aromatic carbocycles. The molecule has 2 N–H and O–H groups in total. The molecule has 4 aliphatic heterocycles. The molecule has 0 bridgehead atoms. The van der Waals surface area contributed by atoms with Crippen molar-refractivity contribution in [2.75, 3.05) is 43.9 Å². The second-order valence-electron chi connectivity index (χ2n) is 14.2. The summed E-state index contributed by atoms with van der Waals surface area (Å²) in [5.74, 6) is -1.50. The molecule has 4 aliphatic rings. The Morgan fingerprint density at radius 3 is 2.64 bits per heavy atom. The van der Waals surface area contributed by atoms with E-state index in [0.29, 0.717) is 49.8 Å². The molecule has 4 atom stereocenters. The van der Waals surface area contributed by atoms with E-state index < -0.39 is 86.0 Å². The standard InChI is InChI=1S/C35H31F8N7O2S/c1-48(23-11-24(51)50-9-2-4-22(23)50)31-18-10-20(34(38,39)40)26(17-5-6-21(37)29-25(17)19(13-44)30(45)53-29)27(35(41,42)43)28(18)46-32(47-31)52-15-33-7-3-8-49(33)14-16(36)12-33/h5-6,10,16,22-23H,2-4,7-9,11-12,14-15,45H2,1H3/t16-,22-,23+,33+/m1/s1. The number of hydrogen-bond acceptors (Lipinski definition) is 9. The van der Waals surface area contributed by atoms with Crippen LogP contribution in [-0.2, 0) is 17.1 Å². The van der Waals surface area contributed by atoms with Gasteiger partial charge < -0.3 is 20.3 Å². The molecule has 6 heterocycles. The summed E-state index contributed by atoms with van der Waals surface area (Å²) in [5.41, 5.74) is -1.87. The van der Waals surface area contributed by atoms with E-state index >= 15 is 30.7 Å². The molecule has 9 nitrogen and oxygen atoms in total. The molecule has 53 heavy (non-hydrogen) atoms. The van der Waals surface area contributed by atoms with E-state index in [-0.39, 0.29) is 53.5 Å². The van der Waals surface area contributed by atoms with Crippen molar-refractivity contribution in [3.63, 3.8) is 0 Å². The van der Waals surface area contributed by atoms with Gasteiger partial charge in [0.2, 0.25) is 5.91 Å². The number of ether oxygens (including phenoxy) is 1. The number of anilines is 2. The number of likely N-dealkylation sites (N-methyl/N-ethyl adjacent to an activating group) is 1. The number of nitriles is 1. The number of carbonyl (C=O) groups is 1. The zero-order valence-corrected chi connectivity index (χ0v) is 28.9. The van der Waals surface area contributed by atoms with E-state index in [1.807, 2.05) is 4.90 Å². The van der Waals surface area contributed by atoms with Gasteiger partial charge in [-0.1, -0.05) is 6.07 Å². The van der Waals surface area contributed by atoms with Crippen LogP contribution >= 0.6 is 11.3 Å². The van der Waals surface area contributed by atoms with Gasteiger partial charge in [0.1, 0.15) is 35.5 Å². The Labute approximate surface area is 300 Å². The van der Waals surface area contributed by atoms with Crippen LogP contribution in [0.2, 0.25) is 0 Å². The Morgan fingerprint density at radius 2 is 1.92 bits per heavy atom. The van der Waals surface area contributed by atoms with E-state index in [9.17, 15) is 14.4 Å². The molecule has 18 heteroatoms. The van der Waals surface area contributed by atoms with Crippen LogP contribution < -0.4 is 15.4 Å². The molecule has 0 saturated carbocycles. The van der Waals surface area contributed by atoms with Gasteiger partial charge in [0.15, 0.2) is 0 Å². The van der Waals surface area contributed by atoms with Crippen molar-refractivity contribution in [1.82, 2.24) is 19.8 Å². The molecule has 8 rings (SSSR count). The Hall–Kier alpha value is -4.50. The predicted molar refractivity (Wildman–Crippen MR) is 180 cm³/mol. The van der Waals surface area contributed by atoms with E-state index in [2.05, 4.69) is 9.97 Å². The maximum atomic E-state index is 15.6. The summed E-state index contributed by atoms with van der Waals surface area (Å²) in [6.45, 7) is 1.04. The lowest BCUT2D eigenvalue weighted by Crippen LogP contribution is -2.43. The maximum absolute atomic E-state index is 15.6. The van der Waals surface area contributed by atoms with Crippen LogP contribution in [0.1, 0.15) is 55.2 Å². The van der Waals surface area contributed by atoms with Crippen LogP contribution in [-0.4, -0.2) is 82.8 Å². The fourth-order valence-electron chi connectivity index (χ4n) is 8.99. The van der Waals surface area contributed by atoms with Gasteiger partial charge in [0, 0.05) is 49.3 Å². The number of nitrogens with zero attached hydrogens (tertiary/aromatic N) is 6. The van der Waals surface area contributed by atoms with E-state index in [1.54, 1.807) is 11.0 Å². The van der Waals surface area contributed by atoms with E-state index in [1.165, 1.54) is 11.9 Å². The number of nitrogen functional groups attached to an aromatic ring is 1. The van der Waals surface area contributed by atoms with Gasteiger partial charge in [-0.2, -0.15) is 41.6 Å². The lowest BCUT2D eigenvalue weighted by Gasteiger charge is -2.32. The molecule has 4 aromatic rings. The van der Waals surface area contributed by atoms with Crippen molar-refractivity contribution in [3.05, 3.63) is 40.7 Å². The third kappa shape index (κ3) is 5.60. The lowest BCUT2D eigenvalue weighted by molar-refractivity contribution is -0.141. The highest BCUT2D eigenvalue weighted by Crippen LogP contribution is 2.52. The van der Waals surface area contributed by atoms with Crippen LogP contribution in [0.25, 0.3) is 32.1 Å². The summed E-state index contributed by atoms with van der Waals surface area (Å²) in [6.07, 6.45) is -9.45.